The smallest absolute Gasteiger partial charge is 0.330 e. The van der Waals surface area contributed by atoms with E-state index in [1.165, 1.54) is 6.42 Å². The van der Waals surface area contributed by atoms with Crippen molar-refractivity contribution in [3.63, 3.8) is 0 Å². The van der Waals surface area contributed by atoms with Gasteiger partial charge in [-0.2, -0.15) is 0 Å². The Morgan fingerprint density at radius 3 is 2.33 bits per heavy atom. The number of carbonyl (C=O) groups excluding carboxylic acids is 1. The van der Waals surface area contributed by atoms with Crippen molar-refractivity contribution in [2.45, 2.75) is 50.6 Å². The fourth-order valence-corrected chi connectivity index (χ4v) is 2.83. The molecule has 1 fully saturated rings. The van der Waals surface area contributed by atoms with Crippen LogP contribution in [0, 0.1) is 0 Å². The van der Waals surface area contributed by atoms with Gasteiger partial charge in [0.15, 0.2) is 6.04 Å². The summed E-state index contributed by atoms with van der Waals surface area (Å²) in [4.78, 5) is 23.5. The van der Waals surface area contributed by atoms with Crippen LogP contribution in [0.5, 0.6) is 0 Å². The molecule has 1 aromatic carbocycles. The fraction of sp³-hybridized carbons (Fsp3) is 0.500. The maximum Gasteiger partial charge on any atom is 0.330 e. The first kappa shape index (κ1) is 15.4. The molecule has 1 saturated carbocycles. The molecule has 1 aliphatic rings. The van der Waals surface area contributed by atoms with Gasteiger partial charge in [0.05, 0.1) is 0 Å². The molecule has 0 aliphatic heterocycles. The number of amides is 2. The van der Waals surface area contributed by atoms with E-state index in [9.17, 15) is 14.7 Å². The van der Waals surface area contributed by atoms with Gasteiger partial charge in [0.1, 0.15) is 0 Å². The number of benzene rings is 1. The van der Waals surface area contributed by atoms with Crippen LogP contribution in [0.15, 0.2) is 30.3 Å². The van der Waals surface area contributed by atoms with Gasteiger partial charge in [-0.1, -0.05) is 49.6 Å². The van der Waals surface area contributed by atoms with Crippen molar-refractivity contribution in [2.75, 3.05) is 0 Å². The van der Waals surface area contributed by atoms with E-state index < -0.39 is 18.0 Å². The Bertz CT molecular complexity index is 496. The van der Waals surface area contributed by atoms with E-state index in [4.69, 9.17) is 0 Å². The minimum atomic E-state index is -1.06. The van der Waals surface area contributed by atoms with Crippen LogP contribution in [0.1, 0.15) is 50.6 Å². The lowest BCUT2D eigenvalue weighted by molar-refractivity contribution is -0.139. The molecule has 0 aromatic heterocycles. The summed E-state index contributed by atoms with van der Waals surface area (Å²) in [5.74, 6) is -1.06. The second-order valence-corrected chi connectivity index (χ2v) is 5.90. The molecule has 0 saturated heterocycles. The molecule has 0 heterocycles. The highest BCUT2D eigenvalue weighted by molar-refractivity contribution is 5.84. The fourth-order valence-electron chi connectivity index (χ4n) is 2.83. The first-order valence-corrected chi connectivity index (χ1v) is 7.37. The van der Waals surface area contributed by atoms with Crippen LogP contribution in [-0.4, -0.2) is 22.6 Å². The van der Waals surface area contributed by atoms with E-state index >= 15 is 0 Å². The topological polar surface area (TPSA) is 78.4 Å². The number of carboxylic acid groups (broad SMARTS) is 1. The number of carbonyl (C=O) groups is 2. The lowest BCUT2D eigenvalue weighted by atomic mass is 9.83. The van der Waals surface area contributed by atoms with Gasteiger partial charge in [0, 0.05) is 5.54 Å². The molecule has 5 heteroatoms. The zero-order valence-electron chi connectivity index (χ0n) is 12.3. The molecule has 2 rings (SSSR count). The predicted molar refractivity (Wildman–Crippen MR) is 80.0 cm³/mol. The highest BCUT2D eigenvalue weighted by atomic mass is 16.4. The molecule has 5 nitrogen and oxygen atoms in total. The van der Waals surface area contributed by atoms with Crippen LogP contribution < -0.4 is 10.6 Å². The van der Waals surface area contributed by atoms with Gasteiger partial charge in [-0.15, -0.1) is 0 Å². The highest BCUT2D eigenvalue weighted by Gasteiger charge is 2.30. The zero-order chi connectivity index (χ0) is 15.3. The van der Waals surface area contributed by atoms with Crippen LogP contribution in [0.4, 0.5) is 4.79 Å². The molecule has 1 aliphatic carbocycles. The van der Waals surface area contributed by atoms with Gasteiger partial charge in [0.25, 0.3) is 0 Å². The number of hydrogen-bond acceptors (Lipinski definition) is 2. The van der Waals surface area contributed by atoms with Gasteiger partial charge in [0.2, 0.25) is 0 Å². The van der Waals surface area contributed by atoms with Gasteiger partial charge in [-0.25, -0.2) is 9.59 Å². The number of carboxylic acids is 1. The molecular formula is C16H22N2O3. The average molecular weight is 290 g/mol. The third-order valence-electron chi connectivity index (χ3n) is 4.03. The maximum absolute atomic E-state index is 12.1. The van der Waals surface area contributed by atoms with Crippen molar-refractivity contribution >= 4 is 12.0 Å². The molecule has 3 N–H and O–H groups in total. The standard InChI is InChI=1S/C16H22N2O3/c1-16(10-6-3-7-11-16)18-15(21)17-13(14(19)20)12-8-4-2-5-9-12/h2,4-5,8-9,13H,3,6-7,10-11H2,1H3,(H,19,20)(H2,17,18,21)/t13-/m1/s1. The average Bonchev–Trinajstić information content (AvgIpc) is 2.45. The number of rotatable bonds is 4. The monoisotopic (exact) mass is 290 g/mol. The summed E-state index contributed by atoms with van der Waals surface area (Å²) in [7, 11) is 0. The summed E-state index contributed by atoms with van der Waals surface area (Å²) in [6, 6.07) is 7.27. The molecule has 0 radical (unpaired) electrons. The van der Waals surface area contributed by atoms with Gasteiger partial charge >= 0.3 is 12.0 Å². The number of urea groups is 1. The van der Waals surface area contributed by atoms with E-state index in [-0.39, 0.29) is 5.54 Å². The van der Waals surface area contributed by atoms with Crippen LogP contribution in [0.2, 0.25) is 0 Å². The second-order valence-electron chi connectivity index (χ2n) is 5.90. The number of hydrogen-bond donors (Lipinski definition) is 3. The highest BCUT2D eigenvalue weighted by Crippen LogP contribution is 2.27. The van der Waals surface area contributed by atoms with Crippen molar-refractivity contribution in [1.82, 2.24) is 10.6 Å². The summed E-state index contributed by atoms with van der Waals surface area (Å²) in [6.07, 6.45) is 5.25. The van der Waals surface area contributed by atoms with Crippen molar-refractivity contribution in [2.24, 2.45) is 0 Å². The third kappa shape index (κ3) is 4.21. The van der Waals surface area contributed by atoms with Crippen LogP contribution >= 0.6 is 0 Å². The summed E-state index contributed by atoms with van der Waals surface area (Å²) in [5.41, 5.74) is 0.330. The first-order valence-electron chi connectivity index (χ1n) is 7.37. The van der Waals surface area contributed by atoms with E-state index in [2.05, 4.69) is 10.6 Å². The van der Waals surface area contributed by atoms with E-state index in [1.54, 1.807) is 24.3 Å². The molecule has 21 heavy (non-hydrogen) atoms. The lowest BCUT2D eigenvalue weighted by Crippen LogP contribution is -2.52. The Morgan fingerprint density at radius 1 is 1.14 bits per heavy atom. The molecule has 0 bridgehead atoms. The maximum atomic E-state index is 12.1. The van der Waals surface area contributed by atoms with Gasteiger partial charge < -0.3 is 15.7 Å². The molecule has 1 aromatic rings. The minimum absolute atomic E-state index is 0.234. The van der Waals surface area contributed by atoms with E-state index in [0.29, 0.717) is 5.56 Å². The first-order chi connectivity index (χ1) is 10.0. The zero-order valence-corrected chi connectivity index (χ0v) is 12.3. The molecule has 2 amide bonds. The third-order valence-corrected chi connectivity index (χ3v) is 4.03. The van der Waals surface area contributed by atoms with E-state index in [0.717, 1.165) is 25.7 Å². The summed E-state index contributed by atoms with van der Waals surface area (Å²) in [5, 5.41) is 14.8. The molecule has 1 atom stereocenters. The van der Waals surface area contributed by atoms with Gasteiger partial charge in [-0.05, 0) is 25.3 Å². The Labute approximate surface area is 124 Å². The van der Waals surface area contributed by atoms with Crippen LogP contribution in [0.3, 0.4) is 0 Å². The molecular weight excluding hydrogens is 268 g/mol. The minimum Gasteiger partial charge on any atom is -0.479 e. The van der Waals surface area contributed by atoms with Crippen molar-refractivity contribution in [1.29, 1.82) is 0 Å². The van der Waals surface area contributed by atoms with Gasteiger partial charge in [-0.3, -0.25) is 0 Å². The largest absolute Gasteiger partial charge is 0.479 e. The second kappa shape index (κ2) is 6.61. The van der Waals surface area contributed by atoms with Crippen molar-refractivity contribution in [3.8, 4) is 0 Å². The number of aliphatic carboxylic acids is 1. The molecule has 114 valence electrons. The summed E-state index contributed by atoms with van der Waals surface area (Å²) < 4.78 is 0. The van der Waals surface area contributed by atoms with E-state index in [1.807, 2.05) is 13.0 Å². The van der Waals surface area contributed by atoms with Crippen molar-refractivity contribution < 1.29 is 14.7 Å². The summed E-state index contributed by atoms with van der Waals surface area (Å²) >= 11 is 0. The van der Waals surface area contributed by atoms with Crippen LogP contribution in [-0.2, 0) is 4.79 Å². The molecule has 0 unspecified atom stereocenters. The van der Waals surface area contributed by atoms with Crippen molar-refractivity contribution in [3.05, 3.63) is 35.9 Å². The quantitative estimate of drug-likeness (QED) is 0.798. The SMILES string of the molecule is CC1(NC(=O)N[C@@H](C(=O)O)c2ccccc2)CCCCC1. The Morgan fingerprint density at radius 2 is 1.76 bits per heavy atom. The summed E-state index contributed by atoms with van der Waals surface area (Å²) in [6.45, 7) is 2.02. The normalized spacial score (nSPS) is 18.5. The Balaban J connectivity index is 2.00. The predicted octanol–water partition coefficient (Wildman–Crippen LogP) is 2.83. The Hall–Kier alpha value is -2.04. The van der Waals surface area contributed by atoms with Crippen LogP contribution in [0.25, 0.3) is 0 Å². The number of nitrogens with one attached hydrogen (secondary N) is 2. The molecule has 0 spiro atoms. The Kier molecular flexibility index (Phi) is 4.83. The lowest BCUT2D eigenvalue weighted by Gasteiger charge is -2.34.